The molecule has 1 aromatic carbocycles. The molecular weight excluding hydrogens is 245 g/mol. The predicted molar refractivity (Wildman–Crippen MR) is 67.4 cm³/mol. The summed E-state index contributed by atoms with van der Waals surface area (Å²) in [6.07, 6.45) is 3.85. The summed E-state index contributed by atoms with van der Waals surface area (Å²) < 4.78 is 5.67. The van der Waals surface area contributed by atoms with E-state index < -0.39 is 0 Å². The minimum atomic E-state index is 0.574. The fraction of sp³-hybridized carbons (Fsp3) is 0.500. The van der Waals surface area contributed by atoms with Crippen molar-refractivity contribution >= 4 is 23.2 Å². The van der Waals surface area contributed by atoms with Crippen molar-refractivity contribution in [2.24, 2.45) is 0 Å². The Labute approximate surface area is 106 Å². The maximum atomic E-state index is 6.02. The van der Waals surface area contributed by atoms with Gasteiger partial charge in [0.1, 0.15) is 12.5 Å². The monoisotopic (exact) mass is 259 g/mol. The van der Waals surface area contributed by atoms with Gasteiger partial charge in [0.15, 0.2) is 0 Å². The zero-order valence-corrected chi connectivity index (χ0v) is 10.6. The fourth-order valence-corrected chi connectivity index (χ4v) is 2.30. The molecule has 0 bridgehead atoms. The van der Waals surface area contributed by atoms with Crippen LogP contribution in [0.4, 0.5) is 0 Å². The highest BCUT2D eigenvalue weighted by atomic mass is 35.5. The third-order valence-corrected chi connectivity index (χ3v) is 3.28. The van der Waals surface area contributed by atoms with E-state index in [9.17, 15) is 0 Å². The van der Waals surface area contributed by atoms with Crippen LogP contribution in [0.15, 0.2) is 18.2 Å². The van der Waals surface area contributed by atoms with Gasteiger partial charge in [-0.3, -0.25) is 4.90 Å². The molecule has 4 heteroatoms. The number of rotatable bonds is 3. The fourth-order valence-electron chi connectivity index (χ4n) is 1.84. The molecule has 1 saturated heterocycles. The quantitative estimate of drug-likeness (QED) is 0.819. The van der Waals surface area contributed by atoms with Gasteiger partial charge in [0.25, 0.3) is 0 Å². The van der Waals surface area contributed by atoms with E-state index in [-0.39, 0.29) is 0 Å². The second kappa shape index (κ2) is 5.76. The van der Waals surface area contributed by atoms with Gasteiger partial charge in [-0.2, -0.15) is 0 Å². The zero-order chi connectivity index (χ0) is 11.4. The first-order chi connectivity index (χ1) is 7.75. The number of hydrogen-bond donors (Lipinski definition) is 0. The molecule has 88 valence electrons. The van der Waals surface area contributed by atoms with Crippen molar-refractivity contribution in [3.8, 4) is 5.75 Å². The van der Waals surface area contributed by atoms with Gasteiger partial charge in [0, 0.05) is 18.1 Å². The van der Waals surface area contributed by atoms with E-state index in [1.807, 2.05) is 6.07 Å². The molecule has 0 amide bonds. The van der Waals surface area contributed by atoms with Gasteiger partial charge in [-0.15, -0.1) is 0 Å². The SMILES string of the molecule is Clc1ccc(OCN2CCCCC2)c(Cl)c1. The summed E-state index contributed by atoms with van der Waals surface area (Å²) in [5.74, 6) is 0.705. The van der Waals surface area contributed by atoms with Gasteiger partial charge in [0.2, 0.25) is 0 Å². The lowest BCUT2D eigenvalue weighted by molar-refractivity contribution is 0.106. The van der Waals surface area contributed by atoms with E-state index in [4.69, 9.17) is 27.9 Å². The average Bonchev–Trinajstić information content (AvgIpc) is 2.29. The molecule has 0 radical (unpaired) electrons. The lowest BCUT2D eigenvalue weighted by Crippen LogP contribution is -2.33. The van der Waals surface area contributed by atoms with Crippen molar-refractivity contribution in [3.05, 3.63) is 28.2 Å². The largest absolute Gasteiger partial charge is 0.477 e. The molecule has 0 saturated carbocycles. The van der Waals surface area contributed by atoms with Crippen molar-refractivity contribution in [2.75, 3.05) is 19.8 Å². The van der Waals surface area contributed by atoms with Gasteiger partial charge in [0.05, 0.1) is 5.02 Å². The van der Waals surface area contributed by atoms with Crippen molar-refractivity contribution in [2.45, 2.75) is 19.3 Å². The standard InChI is InChI=1S/C12H15Cl2NO/c13-10-4-5-12(11(14)8-10)16-9-15-6-2-1-3-7-15/h4-5,8H,1-3,6-7,9H2. The first-order valence-corrected chi connectivity index (χ1v) is 6.31. The Morgan fingerprint density at radius 2 is 1.88 bits per heavy atom. The van der Waals surface area contributed by atoms with E-state index in [0.717, 1.165) is 13.1 Å². The van der Waals surface area contributed by atoms with Crippen LogP contribution in [-0.2, 0) is 0 Å². The van der Waals surface area contributed by atoms with Crippen LogP contribution in [0.5, 0.6) is 5.75 Å². The summed E-state index contributed by atoms with van der Waals surface area (Å²) in [5, 5.41) is 1.21. The molecule has 1 aliphatic rings. The average molecular weight is 260 g/mol. The molecule has 0 atom stereocenters. The van der Waals surface area contributed by atoms with Crippen molar-refractivity contribution in [1.29, 1.82) is 0 Å². The number of nitrogens with zero attached hydrogens (tertiary/aromatic N) is 1. The molecule has 16 heavy (non-hydrogen) atoms. The molecule has 0 spiro atoms. The number of ether oxygens (including phenoxy) is 1. The van der Waals surface area contributed by atoms with Crippen LogP contribution in [0.1, 0.15) is 19.3 Å². The molecule has 1 fully saturated rings. The number of likely N-dealkylation sites (tertiary alicyclic amines) is 1. The highest BCUT2D eigenvalue weighted by Gasteiger charge is 2.11. The number of piperidine rings is 1. The Bertz CT molecular complexity index is 351. The van der Waals surface area contributed by atoms with Gasteiger partial charge in [-0.05, 0) is 31.0 Å². The Morgan fingerprint density at radius 1 is 1.12 bits per heavy atom. The van der Waals surface area contributed by atoms with Crippen LogP contribution in [-0.4, -0.2) is 24.7 Å². The second-order valence-electron chi connectivity index (χ2n) is 4.03. The summed E-state index contributed by atoms with van der Waals surface area (Å²) in [6, 6.07) is 5.31. The van der Waals surface area contributed by atoms with Crippen molar-refractivity contribution in [1.82, 2.24) is 4.90 Å². The van der Waals surface area contributed by atoms with Crippen LogP contribution in [0.25, 0.3) is 0 Å². The lowest BCUT2D eigenvalue weighted by atomic mass is 10.1. The Balaban J connectivity index is 1.88. The molecular formula is C12H15Cl2NO. The van der Waals surface area contributed by atoms with E-state index in [2.05, 4.69) is 4.90 Å². The Kier molecular flexibility index (Phi) is 4.33. The molecule has 1 aromatic rings. The molecule has 2 rings (SSSR count). The van der Waals surface area contributed by atoms with Gasteiger partial charge in [-0.1, -0.05) is 29.6 Å². The molecule has 1 heterocycles. The van der Waals surface area contributed by atoms with E-state index in [1.54, 1.807) is 12.1 Å². The molecule has 0 unspecified atom stereocenters. The molecule has 0 aromatic heterocycles. The predicted octanol–water partition coefficient (Wildman–Crippen LogP) is 3.82. The van der Waals surface area contributed by atoms with Gasteiger partial charge < -0.3 is 4.74 Å². The normalized spacial score (nSPS) is 17.4. The maximum absolute atomic E-state index is 6.02. The van der Waals surface area contributed by atoms with E-state index >= 15 is 0 Å². The van der Waals surface area contributed by atoms with Crippen LogP contribution >= 0.6 is 23.2 Å². The number of hydrogen-bond acceptors (Lipinski definition) is 2. The third-order valence-electron chi connectivity index (χ3n) is 2.75. The lowest BCUT2D eigenvalue weighted by Gasteiger charge is -2.26. The molecule has 0 aliphatic carbocycles. The van der Waals surface area contributed by atoms with Crippen LogP contribution in [0.3, 0.4) is 0 Å². The van der Waals surface area contributed by atoms with Crippen LogP contribution in [0.2, 0.25) is 10.0 Å². The summed E-state index contributed by atoms with van der Waals surface area (Å²) in [5.41, 5.74) is 0. The van der Waals surface area contributed by atoms with Crippen LogP contribution in [0, 0.1) is 0 Å². The number of halogens is 2. The highest BCUT2D eigenvalue weighted by molar-refractivity contribution is 6.35. The maximum Gasteiger partial charge on any atom is 0.142 e. The summed E-state index contributed by atoms with van der Waals surface area (Å²) >= 11 is 11.8. The highest BCUT2D eigenvalue weighted by Crippen LogP contribution is 2.27. The first kappa shape index (κ1) is 12.0. The summed E-state index contributed by atoms with van der Waals surface area (Å²) in [6.45, 7) is 2.85. The van der Waals surface area contributed by atoms with Gasteiger partial charge in [-0.25, -0.2) is 0 Å². The molecule has 1 aliphatic heterocycles. The van der Waals surface area contributed by atoms with Crippen molar-refractivity contribution < 1.29 is 4.74 Å². The molecule has 0 N–H and O–H groups in total. The summed E-state index contributed by atoms with van der Waals surface area (Å²) in [4.78, 5) is 2.30. The Hall–Kier alpha value is -0.440. The van der Waals surface area contributed by atoms with Crippen molar-refractivity contribution in [3.63, 3.8) is 0 Å². The number of benzene rings is 1. The Morgan fingerprint density at radius 3 is 2.56 bits per heavy atom. The topological polar surface area (TPSA) is 12.5 Å². The smallest absolute Gasteiger partial charge is 0.142 e. The summed E-state index contributed by atoms with van der Waals surface area (Å²) in [7, 11) is 0. The van der Waals surface area contributed by atoms with E-state index in [1.165, 1.54) is 19.3 Å². The minimum Gasteiger partial charge on any atom is -0.477 e. The molecule has 2 nitrogen and oxygen atoms in total. The van der Waals surface area contributed by atoms with Crippen LogP contribution < -0.4 is 4.74 Å². The first-order valence-electron chi connectivity index (χ1n) is 5.56. The third kappa shape index (κ3) is 3.27. The second-order valence-corrected chi connectivity index (χ2v) is 4.87. The zero-order valence-electron chi connectivity index (χ0n) is 9.09. The van der Waals surface area contributed by atoms with E-state index in [0.29, 0.717) is 22.5 Å². The minimum absolute atomic E-state index is 0.574. The van der Waals surface area contributed by atoms with Gasteiger partial charge >= 0.3 is 0 Å².